The zero-order valence-corrected chi connectivity index (χ0v) is 16.7. The van der Waals surface area contributed by atoms with Crippen LogP contribution in [0.1, 0.15) is 62.3 Å². The van der Waals surface area contributed by atoms with Gasteiger partial charge in [-0.05, 0) is 0 Å². The lowest BCUT2D eigenvalue weighted by Crippen LogP contribution is -2.22. The van der Waals surface area contributed by atoms with Crippen LogP contribution < -0.4 is 0 Å². The fraction of sp³-hybridized carbons (Fsp3) is 1.00. The maximum atomic E-state index is 5.63. The average Bonchev–Trinajstić information content (AvgIpc) is 2.11. The average molecular weight is 329 g/mol. The molecule has 3 atom stereocenters. The molecule has 0 heterocycles. The highest BCUT2D eigenvalue weighted by Crippen LogP contribution is 2.41. The van der Waals surface area contributed by atoms with Gasteiger partial charge in [0.25, 0.3) is 0 Å². The van der Waals surface area contributed by atoms with Crippen molar-refractivity contribution < 1.29 is 13.9 Å². The van der Waals surface area contributed by atoms with E-state index in [0.29, 0.717) is 26.4 Å². The van der Waals surface area contributed by atoms with Crippen molar-refractivity contribution in [3.05, 3.63) is 0 Å². The predicted molar refractivity (Wildman–Crippen MR) is 89.3 cm³/mol. The molecule has 0 aromatic rings. The van der Waals surface area contributed by atoms with Crippen molar-refractivity contribution >= 4 is 26.4 Å². The van der Waals surface area contributed by atoms with Gasteiger partial charge in [0.15, 0.2) is 0 Å². The van der Waals surface area contributed by atoms with Crippen LogP contribution in [0.15, 0.2) is 0 Å². The van der Waals surface area contributed by atoms with Crippen LogP contribution in [0.5, 0.6) is 0 Å². The Labute approximate surface area is 124 Å². The molecular formula is C12H30NO3P3. The van der Waals surface area contributed by atoms with E-state index in [1.807, 2.05) is 0 Å². The maximum Gasteiger partial charge on any atom is 0.0858 e. The summed E-state index contributed by atoms with van der Waals surface area (Å²) in [7, 11) is 0.880. The van der Waals surface area contributed by atoms with Crippen LogP contribution in [0.4, 0.5) is 0 Å². The number of nitrogens with zero attached hydrogens (tertiary/aromatic N) is 1. The van der Waals surface area contributed by atoms with E-state index in [1.165, 1.54) is 5.39 Å². The van der Waals surface area contributed by atoms with Crippen molar-refractivity contribution in [1.82, 2.24) is 5.39 Å². The lowest BCUT2D eigenvalue weighted by molar-refractivity contribution is -0.399. The summed E-state index contributed by atoms with van der Waals surface area (Å²) in [6.07, 6.45) is 0. The van der Waals surface area contributed by atoms with E-state index in [1.54, 1.807) is 0 Å². The molecule has 3 unspecified atom stereocenters. The maximum absolute atomic E-state index is 5.63. The molecular weight excluding hydrogens is 299 g/mol. The van der Waals surface area contributed by atoms with Gasteiger partial charge in [-0.2, -0.15) is 0 Å². The summed E-state index contributed by atoms with van der Waals surface area (Å²) in [6.45, 7) is 19.1. The molecule has 4 nitrogen and oxygen atoms in total. The summed E-state index contributed by atoms with van der Waals surface area (Å²) in [5, 5.41) is 1.51. The minimum Gasteiger partial charge on any atom is -0.231 e. The van der Waals surface area contributed by atoms with Gasteiger partial charge in [-0.15, -0.1) is 0 Å². The van der Waals surface area contributed by atoms with Crippen molar-refractivity contribution in [3.8, 4) is 0 Å². The normalized spacial score (nSPS) is 16.1. The minimum absolute atomic E-state index is 0.0979. The SMILES string of the molecule is CC(C)(C)PON(OPC(C)(C)C)OPC(C)(C)C. The van der Waals surface area contributed by atoms with Crippen molar-refractivity contribution in [2.24, 2.45) is 0 Å². The highest BCUT2D eigenvalue weighted by atomic mass is 31.1. The molecule has 0 aliphatic rings. The molecule has 0 N–H and O–H groups in total. The molecule has 0 rings (SSSR count). The molecule has 116 valence electrons. The van der Waals surface area contributed by atoms with Crippen LogP contribution in [0.25, 0.3) is 0 Å². The standard InChI is InChI=1S/C12H30NO3P3/c1-10(2,3)17-14-13(15-18-11(4,5)6)16-19-12(7,8)9/h17-19H,1-9H3. The largest absolute Gasteiger partial charge is 0.231 e. The van der Waals surface area contributed by atoms with Gasteiger partial charge in [-0.3, -0.25) is 0 Å². The molecule has 19 heavy (non-hydrogen) atoms. The summed E-state index contributed by atoms with van der Waals surface area (Å²) in [6, 6.07) is 0. The Morgan fingerprint density at radius 3 is 0.895 bits per heavy atom. The molecule has 0 amide bonds. The van der Waals surface area contributed by atoms with E-state index in [0.717, 1.165) is 0 Å². The van der Waals surface area contributed by atoms with Crippen LogP contribution in [-0.2, 0) is 13.9 Å². The van der Waals surface area contributed by atoms with Crippen molar-refractivity contribution in [2.45, 2.75) is 77.8 Å². The summed E-state index contributed by atoms with van der Waals surface area (Å²) in [4.78, 5) is 0. The van der Waals surface area contributed by atoms with E-state index in [-0.39, 0.29) is 15.5 Å². The summed E-state index contributed by atoms with van der Waals surface area (Å²) < 4.78 is 16.9. The van der Waals surface area contributed by atoms with Gasteiger partial charge in [-0.1, -0.05) is 62.3 Å². The molecule has 0 fully saturated rings. The molecule has 0 aromatic carbocycles. The van der Waals surface area contributed by atoms with Crippen LogP contribution >= 0.6 is 26.4 Å². The third-order valence-corrected chi connectivity index (χ3v) is 3.84. The molecule has 0 saturated carbocycles. The lowest BCUT2D eigenvalue weighted by atomic mass is 10.3. The highest BCUT2D eigenvalue weighted by molar-refractivity contribution is 7.35. The second kappa shape index (κ2) is 7.95. The molecule has 0 aromatic heterocycles. The molecule has 0 aliphatic heterocycles. The summed E-state index contributed by atoms with van der Waals surface area (Å²) in [5.41, 5.74) is 0. The first kappa shape index (κ1) is 20.1. The highest BCUT2D eigenvalue weighted by Gasteiger charge is 2.21. The van der Waals surface area contributed by atoms with Crippen LogP contribution in [0, 0.1) is 0 Å². The van der Waals surface area contributed by atoms with E-state index in [2.05, 4.69) is 62.3 Å². The fourth-order valence-corrected chi connectivity index (χ4v) is 2.07. The van der Waals surface area contributed by atoms with Gasteiger partial charge in [0, 0.05) is 15.5 Å². The second-order valence-corrected chi connectivity index (χ2v) is 13.2. The van der Waals surface area contributed by atoms with Crippen LogP contribution in [-0.4, -0.2) is 20.9 Å². The minimum atomic E-state index is 0.0979. The van der Waals surface area contributed by atoms with Gasteiger partial charge in [0.1, 0.15) is 0 Å². The quantitative estimate of drug-likeness (QED) is 0.491. The van der Waals surface area contributed by atoms with Crippen molar-refractivity contribution in [1.29, 1.82) is 0 Å². The first-order valence-electron chi connectivity index (χ1n) is 6.41. The smallest absolute Gasteiger partial charge is 0.0858 e. The van der Waals surface area contributed by atoms with Gasteiger partial charge in [0.05, 0.1) is 31.8 Å². The van der Waals surface area contributed by atoms with Gasteiger partial charge in [0.2, 0.25) is 0 Å². The zero-order chi connectivity index (χ0) is 15.3. The Balaban J connectivity index is 4.30. The fourth-order valence-electron chi connectivity index (χ4n) is 0.578. The molecule has 0 aliphatic carbocycles. The van der Waals surface area contributed by atoms with Crippen LogP contribution in [0.3, 0.4) is 0 Å². The Morgan fingerprint density at radius 2 is 0.737 bits per heavy atom. The van der Waals surface area contributed by atoms with Crippen molar-refractivity contribution in [2.75, 3.05) is 0 Å². The van der Waals surface area contributed by atoms with Gasteiger partial charge >= 0.3 is 0 Å². The number of hydrogen-bond acceptors (Lipinski definition) is 4. The van der Waals surface area contributed by atoms with E-state index in [4.69, 9.17) is 13.9 Å². The Kier molecular flexibility index (Phi) is 8.42. The van der Waals surface area contributed by atoms with Gasteiger partial charge < -0.3 is 0 Å². The summed E-state index contributed by atoms with van der Waals surface area (Å²) >= 11 is 0. The molecule has 0 radical (unpaired) electrons. The number of rotatable bonds is 6. The lowest BCUT2D eigenvalue weighted by Gasteiger charge is -2.28. The Morgan fingerprint density at radius 1 is 0.526 bits per heavy atom. The molecule has 0 spiro atoms. The monoisotopic (exact) mass is 329 g/mol. The van der Waals surface area contributed by atoms with E-state index in [9.17, 15) is 0 Å². The van der Waals surface area contributed by atoms with Crippen LogP contribution in [0.2, 0.25) is 0 Å². The van der Waals surface area contributed by atoms with E-state index >= 15 is 0 Å². The predicted octanol–water partition coefficient (Wildman–Crippen LogP) is 5.26. The molecule has 7 heteroatoms. The zero-order valence-electron chi connectivity index (χ0n) is 13.7. The first-order valence-corrected chi connectivity index (χ1v) is 9.13. The summed E-state index contributed by atoms with van der Waals surface area (Å²) in [5.74, 6) is 0. The third-order valence-electron chi connectivity index (χ3n) is 1.28. The van der Waals surface area contributed by atoms with Crippen molar-refractivity contribution in [3.63, 3.8) is 0 Å². The number of hydrogen-bond donors (Lipinski definition) is 0. The first-order chi connectivity index (χ1) is 8.29. The van der Waals surface area contributed by atoms with Gasteiger partial charge in [-0.25, -0.2) is 13.9 Å². The van der Waals surface area contributed by atoms with E-state index < -0.39 is 0 Å². The Hall–Kier alpha value is 1.13. The molecule has 0 bridgehead atoms. The second-order valence-electron chi connectivity index (χ2n) is 7.55. The Bertz CT molecular complexity index is 214. The third kappa shape index (κ3) is 15.3. The topological polar surface area (TPSA) is 30.9 Å². The molecule has 0 saturated heterocycles.